The van der Waals surface area contributed by atoms with Crippen LogP contribution in [0.25, 0.3) is 0 Å². The molecule has 0 saturated heterocycles. The van der Waals surface area contributed by atoms with Gasteiger partial charge in [-0.1, -0.05) is 11.3 Å². The normalized spacial score (nSPS) is 10.3. The fraction of sp³-hybridized carbons (Fsp3) is 0.308. The van der Waals surface area contributed by atoms with Crippen LogP contribution in [-0.2, 0) is 11.3 Å². The molecule has 20 heavy (non-hydrogen) atoms. The number of nitrogens with zero attached hydrogens (tertiary/aromatic N) is 2. The Bertz CT molecular complexity index is 618. The Labute approximate surface area is 120 Å². The average Bonchev–Trinajstić information content (AvgIpc) is 3.06. The quantitative estimate of drug-likeness (QED) is 0.622. The van der Waals surface area contributed by atoms with E-state index in [1.807, 2.05) is 18.0 Å². The number of aromatic nitrogens is 1. The number of carbonyl (C=O) groups is 2. The molecular weight excluding hydrogens is 280 g/mol. The van der Waals surface area contributed by atoms with E-state index in [-0.39, 0.29) is 11.5 Å². The lowest BCUT2D eigenvalue weighted by Crippen LogP contribution is -2.16. The van der Waals surface area contributed by atoms with Gasteiger partial charge in [0, 0.05) is 26.1 Å². The largest absolute Gasteiger partial charge is 0.472 e. The second-order valence-corrected chi connectivity index (χ2v) is 5.19. The van der Waals surface area contributed by atoms with E-state index in [0.29, 0.717) is 16.6 Å². The number of methoxy groups -OCH3 is 1. The molecule has 0 aliphatic rings. The predicted octanol–water partition coefficient (Wildman–Crippen LogP) is 2.36. The van der Waals surface area contributed by atoms with Gasteiger partial charge in [-0.2, -0.15) is 0 Å². The van der Waals surface area contributed by atoms with E-state index in [9.17, 15) is 9.59 Å². The monoisotopic (exact) mass is 294 g/mol. The van der Waals surface area contributed by atoms with Crippen molar-refractivity contribution in [1.29, 1.82) is 0 Å². The summed E-state index contributed by atoms with van der Waals surface area (Å²) in [5.74, 6) is -0.805. The van der Waals surface area contributed by atoms with Gasteiger partial charge in [-0.05, 0) is 6.07 Å². The molecule has 2 aromatic heterocycles. The van der Waals surface area contributed by atoms with Crippen LogP contribution < -0.4 is 4.90 Å². The van der Waals surface area contributed by atoms with E-state index in [1.165, 1.54) is 25.4 Å². The van der Waals surface area contributed by atoms with Crippen LogP contribution >= 0.6 is 11.3 Å². The molecule has 0 aliphatic carbocycles. The Hall–Kier alpha value is -2.15. The zero-order valence-electron chi connectivity index (χ0n) is 11.4. The van der Waals surface area contributed by atoms with Crippen molar-refractivity contribution in [3.8, 4) is 0 Å². The maximum atomic E-state index is 11.6. The van der Waals surface area contributed by atoms with E-state index in [1.54, 1.807) is 12.5 Å². The van der Waals surface area contributed by atoms with Crippen LogP contribution in [0.1, 0.15) is 32.6 Å². The first-order valence-corrected chi connectivity index (χ1v) is 6.67. The minimum absolute atomic E-state index is 0.0686. The van der Waals surface area contributed by atoms with Crippen LogP contribution in [0.2, 0.25) is 0 Å². The number of anilines is 1. The summed E-state index contributed by atoms with van der Waals surface area (Å²) in [4.78, 5) is 29.6. The van der Waals surface area contributed by atoms with Gasteiger partial charge in [0.25, 0.3) is 0 Å². The zero-order valence-corrected chi connectivity index (χ0v) is 12.2. The van der Waals surface area contributed by atoms with Crippen molar-refractivity contribution in [2.45, 2.75) is 13.5 Å². The summed E-state index contributed by atoms with van der Waals surface area (Å²) in [7, 11) is 3.09. The molecule has 2 rings (SSSR count). The molecular formula is C13H14N2O4S. The highest BCUT2D eigenvalue weighted by atomic mass is 32.1. The third-order valence-corrected chi connectivity index (χ3v) is 3.91. The van der Waals surface area contributed by atoms with Crippen LogP contribution in [0.15, 0.2) is 23.0 Å². The Morgan fingerprint density at radius 2 is 2.25 bits per heavy atom. The summed E-state index contributed by atoms with van der Waals surface area (Å²) in [6, 6.07) is 1.84. The molecule has 0 aromatic carbocycles. The molecule has 7 heteroatoms. The Balaban J connectivity index is 2.28. The molecule has 0 spiro atoms. The highest BCUT2D eigenvalue weighted by molar-refractivity contribution is 7.17. The molecule has 106 valence electrons. The molecule has 6 nitrogen and oxygen atoms in total. The van der Waals surface area contributed by atoms with Gasteiger partial charge >= 0.3 is 5.97 Å². The molecule has 0 amide bonds. The second kappa shape index (κ2) is 5.87. The lowest BCUT2D eigenvalue weighted by atomic mass is 10.3. The Morgan fingerprint density at radius 3 is 2.80 bits per heavy atom. The third-order valence-electron chi connectivity index (χ3n) is 2.64. The maximum Gasteiger partial charge on any atom is 0.358 e. The molecule has 0 bridgehead atoms. The number of esters is 1. The Morgan fingerprint density at radius 1 is 1.50 bits per heavy atom. The van der Waals surface area contributed by atoms with Gasteiger partial charge < -0.3 is 14.1 Å². The zero-order chi connectivity index (χ0) is 14.7. The maximum absolute atomic E-state index is 11.6. The summed E-state index contributed by atoms with van der Waals surface area (Å²) in [6.07, 6.45) is 3.23. The number of ketones is 1. The van der Waals surface area contributed by atoms with Crippen molar-refractivity contribution in [2.24, 2.45) is 0 Å². The second-order valence-electron chi connectivity index (χ2n) is 4.21. The molecule has 0 unspecified atom stereocenters. The predicted molar refractivity (Wildman–Crippen MR) is 74.3 cm³/mol. The van der Waals surface area contributed by atoms with Crippen LogP contribution in [0, 0.1) is 0 Å². The highest BCUT2D eigenvalue weighted by Gasteiger charge is 2.23. The topological polar surface area (TPSA) is 72.6 Å². The standard InChI is InChI=1S/C13H14N2O4S/c1-8(16)11-10(12(17)18-3)14-13(20-11)15(2)6-9-4-5-19-7-9/h4-5,7H,6H2,1-3H3. The summed E-state index contributed by atoms with van der Waals surface area (Å²) in [5, 5.41) is 0.580. The van der Waals surface area contributed by atoms with Gasteiger partial charge in [-0.25, -0.2) is 9.78 Å². The van der Waals surface area contributed by atoms with Gasteiger partial charge in [0.15, 0.2) is 16.6 Å². The number of hydrogen-bond donors (Lipinski definition) is 0. The minimum atomic E-state index is -0.602. The van der Waals surface area contributed by atoms with Crippen LogP contribution in [0.3, 0.4) is 0 Å². The molecule has 0 aliphatic heterocycles. The summed E-state index contributed by atoms with van der Waals surface area (Å²) in [6.45, 7) is 1.97. The number of thiazole rings is 1. The van der Waals surface area contributed by atoms with Crippen LogP contribution in [0.4, 0.5) is 5.13 Å². The lowest BCUT2D eigenvalue weighted by molar-refractivity contribution is 0.0591. The Kier molecular flexibility index (Phi) is 4.19. The number of hydrogen-bond acceptors (Lipinski definition) is 7. The van der Waals surface area contributed by atoms with Crippen LogP contribution in [-0.4, -0.2) is 30.9 Å². The van der Waals surface area contributed by atoms with Crippen molar-refractivity contribution in [2.75, 3.05) is 19.1 Å². The first-order chi connectivity index (χ1) is 9.52. The smallest absolute Gasteiger partial charge is 0.358 e. The average molecular weight is 294 g/mol. The van der Waals surface area contributed by atoms with E-state index >= 15 is 0 Å². The first-order valence-electron chi connectivity index (χ1n) is 5.85. The molecule has 0 atom stereocenters. The van der Waals surface area contributed by atoms with Gasteiger partial charge in [0.2, 0.25) is 0 Å². The first kappa shape index (κ1) is 14.3. The van der Waals surface area contributed by atoms with Crippen molar-refractivity contribution >= 4 is 28.2 Å². The number of furan rings is 1. The van der Waals surface area contributed by atoms with Crippen molar-refractivity contribution in [3.05, 3.63) is 34.7 Å². The molecule has 0 N–H and O–H groups in total. The highest BCUT2D eigenvalue weighted by Crippen LogP contribution is 2.27. The summed E-state index contributed by atoms with van der Waals surface area (Å²) in [5.41, 5.74) is 1.05. The van der Waals surface area contributed by atoms with E-state index in [0.717, 1.165) is 5.56 Å². The van der Waals surface area contributed by atoms with E-state index in [4.69, 9.17) is 4.42 Å². The van der Waals surface area contributed by atoms with Gasteiger partial charge in [-0.15, -0.1) is 0 Å². The minimum Gasteiger partial charge on any atom is -0.472 e. The van der Waals surface area contributed by atoms with Crippen molar-refractivity contribution in [3.63, 3.8) is 0 Å². The fourth-order valence-electron chi connectivity index (χ4n) is 1.67. The summed E-state index contributed by atoms with van der Waals surface area (Å²) < 4.78 is 9.65. The van der Waals surface area contributed by atoms with E-state index in [2.05, 4.69) is 9.72 Å². The molecule has 2 heterocycles. The van der Waals surface area contributed by atoms with Gasteiger partial charge in [-0.3, -0.25) is 4.79 Å². The van der Waals surface area contributed by atoms with Crippen LogP contribution in [0.5, 0.6) is 0 Å². The number of ether oxygens (including phenoxy) is 1. The number of carbonyl (C=O) groups excluding carboxylic acids is 2. The van der Waals surface area contributed by atoms with E-state index < -0.39 is 5.97 Å². The van der Waals surface area contributed by atoms with Gasteiger partial charge in [0.05, 0.1) is 19.6 Å². The molecule has 2 aromatic rings. The number of Topliss-reactive ketones (excluding diaryl/α,β-unsaturated/α-hetero) is 1. The third kappa shape index (κ3) is 2.88. The van der Waals surface area contributed by atoms with Crippen molar-refractivity contribution < 1.29 is 18.7 Å². The van der Waals surface area contributed by atoms with Crippen molar-refractivity contribution in [1.82, 2.24) is 4.98 Å². The van der Waals surface area contributed by atoms with Gasteiger partial charge in [0.1, 0.15) is 4.88 Å². The lowest BCUT2D eigenvalue weighted by Gasteiger charge is -2.13. The SMILES string of the molecule is COC(=O)c1nc(N(C)Cc2ccoc2)sc1C(C)=O. The molecule has 0 radical (unpaired) electrons. The number of rotatable bonds is 5. The summed E-state index contributed by atoms with van der Waals surface area (Å²) >= 11 is 1.18. The fourth-order valence-corrected chi connectivity index (χ4v) is 2.58. The molecule has 0 fully saturated rings. The molecule has 0 saturated carbocycles.